The second-order valence-corrected chi connectivity index (χ2v) is 6.42. The number of nitrogens with zero attached hydrogens (tertiary/aromatic N) is 2. The van der Waals surface area contributed by atoms with Gasteiger partial charge in [-0.25, -0.2) is 4.98 Å². The third-order valence-electron chi connectivity index (χ3n) is 4.13. The van der Waals surface area contributed by atoms with Crippen LogP contribution >= 0.6 is 27.5 Å². The maximum absolute atomic E-state index is 11.4. The van der Waals surface area contributed by atoms with Gasteiger partial charge in [0.05, 0.1) is 5.56 Å². The minimum Gasteiger partial charge on any atom is -0.356 e. The van der Waals surface area contributed by atoms with Gasteiger partial charge in [-0.3, -0.25) is 4.79 Å². The minimum atomic E-state index is -0.434. The third-order valence-corrected chi connectivity index (χ3v) is 4.78. The van der Waals surface area contributed by atoms with Gasteiger partial charge >= 0.3 is 0 Å². The Morgan fingerprint density at radius 3 is 2.50 bits per heavy atom. The Morgan fingerprint density at radius 2 is 1.94 bits per heavy atom. The normalized spacial score (nSPS) is 21.1. The molecule has 3 rings (SSSR count). The van der Waals surface area contributed by atoms with E-state index in [1.165, 1.54) is 25.7 Å². The molecular formula is C13H14BrClN2O. The predicted octanol–water partition coefficient (Wildman–Crippen LogP) is 3.60. The quantitative estimate of drug-likeness (QED) is 0.614. The molecule has 0 atom stereocenters. The van der Waals surface area contributed by atoms with Crippen LogP contribution < -0.4 is 4.90 Å². The van der Waals surface area contributed by atoms with E-state index in [9.17, 15) is 4.79 Å². The number of hydrogen-bond donors (Lipinski definition) is 0. The number of carbonyl (C=O) groups is 1. The summed E-state index contributed by atoms with van der Waals surface area (Å²) in [5.41, 5.74) is 1.12. The molecule has 0 bridgehead atoms. The Bertz CT molecular complexity index is 492. The van der Waals surface area contributed by atoms with Crippen molar-refractivity contribution in [2.45, 2.75) is 25.7 Å². The zero-order chi connectivity index (χ0) is 12.8. The summed E-state index contributed by atoms with van der Waals surface area (Å²) in [6.07, 6.45) is 5.15. The molecule has 0 N–H and O–H groups in total. The number of piperidine rings is 1. The topological polar surface area (TPSA) is 33.2 Å². The van der Waals surface area contributed by atoms with E-state index >= 15 is 0 Å². The van der Waals surface area contributed by atoms with Crippen LogP contribution in [0.1, 0.15) is 36.0 Å². The predicted molar refractivity (Wildman–Crippen MR) is 75.2 cm³/mol. The average Bonchev–Trinajstić information content (AvgIpc) is 3.09. The van der Waals surface area contributed by atoms with Gasteiger partial charge in [-0.15, -0.1) is 0 Å². The summed E-state index contributed by atoms with van der Waals surface area (Å²) in [7, 11) is 0. The molecular weight excluding hydrogens is 316 g/mol. The molecule has 18 heavy (non-hydrogen) atoms. The molecule has 1 spiro atoms. The SMILES string of the molecule is O=C(Cl)c1ccc(Br)nc1N1CCC2(CC1)CC2. The molecule has 96 valence electrons. The summed E-state index contributed by atoms with van der Waals surface area (Å²) >= 11 is 8.98. The van der Waals surface area contributed by atoms with E-state index in [0.29, 0.717) is 11.0 Å². The van der Waals surface area contributed by atoms with Crippen LogP contribution in [0.4, 0.5) is 5.82 Å². The molecule has 2 heterocycles. The summed E-state index contributed by atoms with van der Waals surface area (Å²) in [4.78, 5) is 18.1. The standard InChI is InChI=1S/C13H14BrClN2O/c14-10-2-1-9(11(15)18)12(16-10)17-7-5-13(3-4-13)6-8-17/h1-2H,3-8H2. The highest BCUT2D eigenvalue weighted by atomic mass is 79.9. The first-order valence-corrected chi connectivity index (χ1v) is 7.38. The van der Waals surface area contributed by atoms with Gasteiger partial charge in [-0.05, 0) is 70.8 Å². The molecule has 0 aromatic carbocycles. The van der Waals surface area contributed by atoms with E-state index in [1.807, 2.05) is 0 Å². The lowest BCUT2D eigenvalue weighted by Gasteiger charge is -2.33. The van der Waals surface area contributed by atoms with Crippen LogP contribution in [0.2, 0.25) is 0 Å². The lowest BCUT2D eigenvalue weighted by atomic mass is 9.93. The van der Waals surface area contributed by atoms with Crippen molar-refractivity contribution in [3.63, 3.8) is 0 Å². The fourth-order valence-electron chi connectivity index (χ4n) is 2.69. The maximum atomic E-state index is 11.4. The first-order chi connectivity index (χ1) is 8.60. The van der Waals surface area contributed by atoms with Crippen molar-refractivity contribution >= 4 is 38.6 Å². The zero-order valence-electron chi connectivity index (χ0n) is 9.96. The van der Waals surface area contributed by atoms with Crippen LogP contribution in [0.5, 0.6) is 0 Å². The summed E-state index contributed by atoms with van der Waals surface area (Å²) < 4.78 is 0.742. The highest BCUT2D eigenvalue weighted by Crippen LogP contribution is 2.53. The van der Waals surface area contributed by atoms with E-state index in [-0.39, 0.29) is 0 Å². The van der Waals surface area contributed by atoms with E-state index in [0.717, 1.165) is 23.5 Å². The van der Waals surface area contributed by atoms with E-state index < -0.39 is 5.24 Å². The molecule has 0 amide bonds. The van der Waals surface area contributed by atoms with Crippen LogP contribution in [0.25, 0.3) is 0 Å². The second kappa shape index (κ2) is 4.49. The Kier molecular flexibility index (Phi) is 3.10. The number of pyridine rings is 1. The molecule has 1 aliphatic carbocycles. The highest BCUT2D eigenvalue weighted by Gasteiger charge is 2.44. The number of carbonyl (C=O) groups excluding carboxylic acids is 1. The molecule has 1 aliphatic heterocycles. The Balaban J connectivity index is 1.86. The monoisotopic (exact) mass is 328 g/mol. The molecule has 2 aliphatic rings. The fourth-order valence-corrected chi connectivity index (χ4v) is 3.14. The van der Waals surface area contributed by atoms with Crippen molar-refractivity contribution in [1.29, 1.82) is 0 Å². The minimum absolute atomic E-state index is 0.434. The van der Waals surface area contributed by atoms with Crippen LogP contribution in [-0.2, 0) is 0 Å². The van der Waals surface area contributed by atoms with Gasteiger partial charge in [-0.1, -0.05) is 0 Å². The van der Waals surface area contributed by atoms with Gasteiger partial charge in [0.2, 0.25) is 0 Å². The zero-order valence-corrected chi connectivity index (χ0v) is 12.3. The third kappa shape index (κ3) is 2.28. The first-order valence-electron chi connectivity index (χ1n) is 6.21. The lowest BCUT2D eigenvalue weighted by Crippen LogP contribution is -2.35. The Morgan fingerprint density at radius 1 is 1.28 bits per heavy atom. The average molecular weight is 330 g/mol. The summed E-state index contributed by atoms with van der Waals surface area (Å²) in [6.45, 7) is 1.95. The highest BCUT2D eigenvalue weighted by molar-refractivity contribution is 9.10. The maximum Gasteiger partial charge on any atom is 0.256 e. The van der Waals surface area contributed by atoms with Crippen LogP contribution in [0, 0.1) is 5.41 Å². The fraction of sp³-hybridized carbons (Fsp3) is 0.538. The van der Waals surface area contributed by atoms with Gasteiger partial charge in [0.15, 0.2) is 0 Å². The van der Waals surface area contributed by atoms with Crippen molar-refractivity contribution in [2.75, 3.05) is 18.0 Å². The molecule has 0 radical (unpaired) electrons. The summed E-state index contributed by atoms with van der Waals surface area (Å²) in [5.74, 6) is 0.722. The van der Waals surface area contributed by atoms with E-state index in [2.05, 4.69) is 25.8 Å². The van der Waals surface area contributed by atoms with Crippen LogP contribution in [0.15, 0.2) is 16.7 Å². The number of hydrogen-bond acceptors (Lipinski definition) is 3. The van der Waals surface area contributed by atoms with Crippen LogP contribution in [0.3, 0.4) is 0 Å². The Labute approximate surface area is 120 Å². The van der Waals surface area contributed by atoms with Crippen molar-refractivity contribution in [2.24, 2.45) is 5.41 Å². The molecule has 2 fully saturated rings. The van der Waals surface area contributed by atoms with Gasteiger partial charge in [-0.2, -0.15) is 0 Å². The smallest absolute Gasteiger partial charge is 0.256 e. The molecule has 0 unspecified atom stereocenters. The van der Waals surface area contributed by atoms with Crippen molar-refractivity contribution in [3.8, 4) is 0 Å². The largest absolute Gasteiger partial charge is 0.356 e. The van der Waals surface area contributed by atoms with E-state index in [4.69, 9.17) is 11.6 Å². The van der Waals surface area contributed by atoms with Gasteiger partial charge in [0.1, 0.15) is 10.4 Å². The lowest BCUT2D eigenvalue weighted by molar-refractivity contribution is 0.108. The van der Waals surface area contributed by atoms with Crippen LogP contribution in [-0.4, -0.2) is 23.3 Å². The molecule has 1 saturated heterocycles. The molecule has 3 nitrogen and oxygen atoms in total. The van der Waals surface area contributed by atoms with Gasteiger partial charge < -0.3 is 4.90 Å². The summed E-state index contributed by atoms with van der Waals surface area (Å²) in [6, 6.07) is 3.49. The number of rotatable bonds is 2. The van der Waals surface area contributed by atoms with Crippen molar-refractivity contribution < 1.29 is 4.79 Å². The van der Waals surface area contributed by atoms with Crippen molar-refractivity contribution in [1.82, 2.24) is 4.98 Å². The first kappa shape index (κ1) is 12.4. The molecule has 1 aromatic rings. The number of halogens is 2. The van der Waals surface area contributed by atoms with Gasteiger partial charge in [0.25, 0.3) is 5.24 Å². The number of anilines is 1. The molecule has 1 aromatic heterocycles. The summed E-state index contributed by atoms with van der Waals surface area (Å²) in [5, 5.41) is -0.434. The Hall–Kier alpha value is -0.610. The number of aromatic nitrogens is 1. The molecule has 1 saturated carbocycles. The van der Waals surface area contributed by atoms with Crippen molar-refractivity contribution in [3.05, 3.63) is 22.3 Å². The molecule has 5 heteroatoms. The second-order valence-electron chi connectivity index (χ2n) is 5.27. The van der Waals surface area contributed by atoms with Gasteiger partial charge in [0, 0.05) is 13.1 Å². The van der Waals surface area contributed by atoms with E-state index in [1.54, 1.807) is 12.1 Å².